The summed E-state index contributed by atoms with van der Waals surface area (Å²) in [7, 11) is 0. The SMILES string of the molecule is Cc1cc2[nH]nc(N)c2cc1F. The largest absolute Gasteiger partial charge is 0.382 e. The zero-order valence-electron chi connectivity index (χ0n) is 6.56. The molecule has 3 N–H and O–H groups in total. The predicted molar refractivity (Wildman–Crippen MR) is 45.2 cm³/mol. The van der Waals surface area contributed by atoms with Gasteiger partial charge in [-0.1, -0.05) is 0 Å². The van der Waals surface area contributed by atoms with Crippen LogP contribution in [0.5, 0.6) is 0 Å². The van der Waals surface area contributed by atoms with Gasteiger partial charge in [0, 0.05) is 5.39 Å². The molecule has 0 saturated heterocycles. The highest BCUT2D eigenvalue weighted by molar-refractivity contribution is 5.88. The van der Waals surface area contributed by atoms with Gasteiger partial charge >= 0.3 is 0 Å². The molecule has 0 aliphatic rings. The Morgan fingerprint density at radius 1 is 1.50 bits per heavy atom. The molecular weight excluding hydrogens is 157 g/mol. The van der Waals surface area contributed by atoms with Crippen LogP contribution in [0.3, 0.4) is 0 Å². The normalized spacial score (nSPS) is 10.8. The van der Waals surface area contributed by atoms with E-state index in [0.29, 0.717) is 16.8 Å². The standard InChI is InChI=1S/C8H8FN3/c1-4-2-7-5(3-6(4)9)8(10)12-11-7/h2-3H,1H3,(H3,10,11,12). The third-order valence-electron chi connectivity index (χ3n) is 1.87. The van der Waals surface area contributed by atoms with Crippen molar-refractivity contribution in [2.75, 3.05) is 5.73 Å². The van der Waals surface area contributed by atoms with Gasteiger partial charge in [-0.05, 0) is 24.6 Å². The number of hydrogen-bond donors (Lipinski definition) is 2. The van der Waals surface area contributed by atoms with Gasteiger partial charge in [0.2, 0.25) is 0 Å². The lowest BCUT2D eigenvalue weighted by atomic mass is 10.2. The van der Waals surface area contributed by atoms with Crippen LogP contribution in [0.25, 0.3) is 10.9 Å². The number of nitrogens with two attached hydrogens (primary N) is 1. The number of halogens is 1. The van der Waals surface area contributed by atoms with E-state index in [1.54, 1.807) is 13.0 Å². The zero-order chi connectivity index (χ0) is 8.72. The Hall–Kier alpha value is -1.58. The van der Waals surface area contributed by atoms with Gasteiger partial charge in [0.05, 0.1) is 5.52 Å². The van der Waals surface area contributed by atoms with Gasteiger partial charge in [-0.2, -0.15) is 5.10 Å². The molecule has 1 aromatic heterocycles. The Labute approximate surface area is 68.4 Å². The second-order valence-electron chi connectivity index (χ2n) is 2.76. The minimum atomic E-state index is -0.254. The molecule has 2 rings (SSSR count). The van der Waals surface area contributed by atoms with Gasteiger partial charge < -0.3 is 5.73 Å². The van der Waals surface area contributed by atoms with E-state index in [9.17, 15) is 4.39 Å². The van der Waals surface area contributed by atoms with Gasteiger partial charge in [-0.25, -0.2) is 4.39 Å². The Morgan fingerprint density at radius 2 is 2.25 bits per heavy atom. The number of aromatic amines is 1. The first kappa shape index (κ1) is 7.09. The molecule has 0 aliphatic heterocycles. The molecule has 0 atom stereocenters. The molecule has 0 radical (unpaired) electrons. The van der Waals surface area contributed by atoms with Crippen LogP contribution in [-0.4, -0.2) is 10.2 Å². The van der Waals surface area contributed by atoms with Crippen LogP contribution in [0.4, 0.5) is 10.2 Å². The Bertz CT molecular complexity index is 433. The molecule has 0 fully saturated rings. The van der Waals surface area contributed by atoms with Crippen LogP contribution in [-0.2, 0) is 0 Å². The number of aromatic nitrogens is 2. The van der Waals surface area contributed by atoms with Gasteiger partial charge in [-0.3, -0.25) is 5.10 Å². The zero-order valence-corrected chi connectivity index (χ0v) is 6.56. The third kappa shape index (κ3) is 0.845. The summed E-state index contributed by atoms with van der Waals surface area (Å²) in [5.74, 6) is 0.0829. The highest BCUT2D eigenvalue weighted by atomic mass is 19.1. The molecule has 1 heterocycles. The smallest absolute Gasteiger partial charge is 0.153 e. The highest BCUT2D eigenvalue weighted by Gasteiger charge is 2.05. The number of nitrogens with zero attached hydrogens (tertiary/aromatic N) is 1. The average molecular weight is 165 g/mol. The summed E-state index contributed by atoms with van der Waals surface area (Å²) in [6, 6.07) is 3.08. The number of H-pyrrole nitrogens is 1. The van der Waals surface area contributed by atoms with E-state index >= 15 is 0 Å². The Morgan fingerprint density at radius 3 is 3.00 bits per heavy atom. The van der Waals surface area contributed by atoms with Crippen molar-refractivity contribution in [3.63, 3.8) is 0 Å². The fourth-order valence-electron chi connectivity index (χ4n) is 1.17. The molecule has 62 valence electrons. The second-order valence-corrected chi connectivity index (χ2v) is 2.76. The van der Waals surface area contributed by atoms with Crippen molar-refractivity contribution < 1.29 is 4.39 Å². The molecule has 2 aromatic rings. The fourth-order valence-corrected chi connectivity index (χ4v) is 1.17. The highest BCUT2D eigenvalue weighted by Crippen LogP contribution is 2.20. The number of anilines is 1. The first-order valence-corrected chi connectivity index (χ1v) is 3.58. The number of fused-ring (bicyclic) bond motifs is 1. The topological polar surface area (TPSA) is 54.7 Å². The minimum Gasteiger partial charge on any atom is -0.382 e. The summed E-state index contributed by atoms with van der Waals surface area (Å²) in [6.07, 6.45) is 0. The molecule has 0 unspecified atom stereocenters. The maximum atomic E-state index is 13.0. The molecule has 0 spiro atoms. The number of benzene rings is 1. The summed E-state index contributed by atoms with van der Waals surface area (Å²) in [6.45, 7) is 1.70. The summed E-state index contributed by atoms with van der Waals surface area (Å²) in [4.78, 5) is 0. The maximum absolute atomic E-state index is 13.0. The van der Waals surface area contributed by atoms with Crippen molar-refractivity contribution in [1.29, 1.82) is 0 Å². The minimum absolute atomic E-state index is 0.254. The van der Waals surface area contributed by atoms with Crippen molar-refractivity contribution in [1.82, 2.24) is 10.2 Å². The quantitative estimate of drug-likeness (QED) is 0.622. The van der Waals surface area contributed by atoms with E-state index in [1.807, 2.05) is 0 Å². The monoisotopic (exact) mass is 165 g/mol. The van der Waals surface area contributed by atoms with Gasteiger partial charge in [0.1, 0.15) is 5.82 Å². The van der Waals surface area contributed by atoms with Gasteiger partial charge in [-0.15, -0.1) is 0 Å². The average Bonchev–Trinajstić information content (AvgIpc) is 2.35. The van der Waals surface area contributed by atoms with Crippen LogP contribution in [0.15, 0.2) is 12.1 Å². The van der Waals surface area contributed by atoms with E-state index in [0.717, 1.165) is 5.52 Å². The van der Waals surface area contributed by atoms with Crippen molar-refractivity contribution >= 4 is 16.7 Å². The van der Waals surface area contributed by atoms with Crippen LogP contribution in [0.2, 0.25) is 0 Å². The molecule has 0 aliphatic carbocycles. The molecule has 0 amide bonds. The van der Waals surface area contributed by atoms with Crippen LogP contribution in [0, 0.1) is 12.7 Å². The van der Waals surface area contributed by atoms with Crippen molar-refractivity contribution in [3.8, 4) is 0 Å². The summed E-state index contributed by atoms with van der Waals surface area (Å²) in [5.41, 5.74) is 6.84. The molecule has 0 saturated carbocycles. The number of nitrogen functional groups attached to an aromatic ring is 1. The number of rotatable bonds is 0. The van der Waals surface area contributed by atoms with Crippen LogP contribution >= 0.6 is 0 Å². The Balaban J connectivity index is 2.87. The molecule has 4 heteroatoms. The van der Waals surface area contributed by atoms with E-state index in [1.165, 1.54) is 6.07 Å². The van der Waals surface area contributed by atoms with Crippen LogP contribution < -0.4 is 5.73 Å². The number of hydrogen-bond acceptors (Lipinski definition) is 2. The van der Waals surface area contributed by atoms with Crippen LogP contribution in [0.1, 0.15) is 5.56 Å². The maximum Gasteiger partial charge on any atom is 0.153 e. The fraction of sp³-hybridized carbons (Fsp3) is 0.125. The predicted octanol–water partition coefficient (Wildman–Crippen LogP) is 1.59. The van der Waals surface area contributed by atoms with Crippen molar-refractivity contribution in [2.45, 2.75) is 6.92 Å². The first-order chi connectivity index (χ1) is 5.68. The van der Waals surface area contributed by atoms with Gasteiger partial charge in [0.15, 0.2) is 5.82 Å². The van der Waals surface area contributed by atoms with E-state index in [-0.39, 0.29) is 5.82 Å². The van der Waals surface area contributed by atoms with E-state index in [2.05, 4.69) is 10.2 Å². The molecule has 0 bridgehead atoms. The second kappa shape index (κ2) is 2.20. The lowest BCUT2D eigenvalue weighted by Gasteiger charge is -1.95. The van der Waals surface area contributed by atoms with Gasteiger partial charge in [0.25, 0.3) is 0 Å². The Kier molecular flexibility index (Phi) is 1.30. The molecule has 1 aromatic carbocycles. The summed E-state index contributed by atoms with van der Waals surface area (Å²) >= 11 is 0. The molecule has 12 heavy (non-hydrogen) atoms. The lowest BCUT2D eigenvalue weighted by molar-refractivity contribution is 0.620. The van der Waals surface area contributed by atoms with Crippen molar-refractivity contribution in [3.05, 3.63) is 23.5 Å². The summed E-state index contributed by atoms with van der Waals surface area (Å²) < 4.78 is 13.0. The lowest BCUT2D eigenvalue weighted by Crippen LogP contribution is -1.85. The molecular formula is C8H8FN3. The summed E-state index contributed by atoms with van der Waals surface area (Å²) in [5, 5.41) is 7.12. The first-order valence-electron chi connectivity index (χ1n) is 3.58. The molecule has 3 nitrogen and oxygen atoms in total. The number of nitrogens with one attached hydrogen (secondary N) is 1. The van der Waals surface area contributed by atoms with E-state index in [4.69, 9.17) is 5.73 Å². The third-order valence-corrected chi connectivity index (χ3v) is 1.87. The number of aryl methyl sites for hydroxylation is 1. The van der Waals surface area contributed by atoms with E-state index < -0.39 is 0 Å². The van der Waals surface area contributed by atoms with Crippen molar-refractivity contribution in [2.24, 2.45) is 0 Å².